The Bertz CT molecular complexity index is 1240. The van der Waals surface area contributed by atoms with Crippen LogP contribution < -0.4 is 15.7 Å². The summed E-state index contributed by atoms with van der Waals surface area (Å²) in [5.74, 6) is 0.741. The van der Waals surface area contributed by atoms with Gasteiger partial charge in [0.15, 0.2) is 0 Å². The van der Waals surface area contributed by atoms with Gasteiger partial charge in [-0.05, 0) is 30.5 Å². The lowest BCUT2D eigenvalue weighted by molar-refractivity contribution is 0.168. The van der Waals surface area contributed by atoms with Crippen LogP contribution in [0.4, 0.5) is 10.5 Å². The minimum Gasteiger partial charge on any atom is -0.488 e. The van der Waals surface area contributed by atoms with E-state index in [1.54, 1.807) is 25.1 Å². The van der Waals surface area contributed by atoms with Crippen LogP contribution in [0.5, 0.6) is 5.75 Å². The maximum absolute atomic E-state index is 12.0. The lowest BCUT2D eigenvalue weighted by atomic mass is 10.1. The van der Waals surface area contributed by atoms with Gasteiger partial charge in [-0.3, -0.25) is 5.32 Å². The number of hydrogen-bond donors (Lipinski definition) is 1. The normalized spacial score (nSPS) is 10.8. The van der Waals surface area contributed by atoms with E-state index in [2.05, 4.69) is 5.32 Å². The first-order valence-corrected chi connectivity index (χ1v) is 9.25. The van der Waals surface area contributed by atoms with E-state index in [1.807, 2.05) is 42.5 Å². The molecule has 146 valence electrons. The quantitative estimate of drug-likeness (QED) is 0.481. The molecule has 0 unspecified atom stereocenters. The summed E-state index contributed by atoms with van der Waals surface area (Å²) in [4.78, 5) is 23.6. The third-order valence-corrected chi connectivity index (χ3v) is 4.48. The Balaban J connectivity index is 1.63. The number of ether oxygens (including phenoxy) is 2. The van der Waals surface area contributed by atoms with Crippen LogP contribution in [0.3, 0.4) is 0 Å². The van der Waals surface area contributed by atoms with Gasteiger partial charge in [0, 0.05) is 34.2 Å². The molecule has 4 rings (SSSR count). The zero-order valence-corrected chi connectivity index (χ0v) is 15.8. The molecule has 0 spiro atoms. The van der Waals surface area contributed by atoms with Crippen LogP contribution in [0.25, 0.3) is 21.7 Å². The van der Waals surface area contributed by atoms with Crippen LogP contribution >= 0.6 is 0 Å². The first-order chi connectivity index (χ1) is 14.1. The monoisotopic (exact) mass is 389 g/mol. The Hall–Kier alpha value is -3.80. The molecule has 29 heavy (non-hydrogen) atoms. The number of benzene rings is 3. The predicted octanol–water partition coefficient (Wildman–Crippen LogP) is 5.09. The number of carbonyl (C=O) groups excluding carboxylic acids is 1. The first-order valence-electron chi connectivity index (χ1n) is 9.25. The molecule has 1 N–H and O–H groups in total. The van der Waals surface area contributed by atoms with Crippen molar-refractivity contribution in [1.29, 1.82) is 0 Å². The zero-order valence-electron chi connectivity index (χ0n) is 15.8. The number of nitrogens with one attached hydrogen (secondary N) is 1. The number of anilines is 1. The van der Waals surface area contributed by atoms with E-state index in [4.69, 9.17) is 13.9 Å². The molecule has 0 saturated carbocycles. The fraction of sp³-hybridized carbons (Fsp3) is 0.130. The Morgan fingerprint density at radius 1 is 1.00 bits per heavy atom. The van der Waals surface area contributed by atoms with Crippen molar-refractivity contribution < 1.29 is 18.7 Å². The number of carbonyl (C=O) groups is 1. The summed E-state index contributed by atoms with van der Waals surface area (Å²) < 4.78 is 16.2. The van der Waals surface area contributed by atoms with Crippen LogP contribution in [-0.2, 0) is 11.3 Å². The maximum Gasteiger partial charge on any atom is 0.411 e. The van der Waals surface area contributed by atoms with E-state index in [0.29, 0.717) is 16.8 Å². The summed E-state index contributed by atoms with van der Waals surface area (Å²) in [6.07, 6.45) is -0.565. The van der Waals surface area contributed by atoms with Gasteiger partial charge in [-0.1, -0.05) is 36.4 Å². The second-order valence-corrected chi connectivity index (χ2v) is 6.41. The molecule has 1 amide bonds. The molecule has 0 aliphatic heterocycles. The number of amides is 1. The second kappa shape index (κ2) is 8.06. The molecule has 1 heterocycles. The van der Waals surface area contributed by atoms with Gasteiger partial charge in [0.05, 0.1) is 6.61 Å². The van der Waals surface area contributed by atoms with E-state index in [-0.39, 0.29) is 13.2 Å². The SMILES string of the molecule is CCOC(=O)Nc1ccc2c(COc3cccc4ccccc34)cc(=O)oc2c1. The van der Waals surface area contributed by atoms with E-state index in [0.717, 1.165) is 21.9 Å². The van der Waals surface area contributed by atoms with Gasteiger partial charge in [0.2, 0.25) is 0 Å². The van der Waals surface area contributed by atoms with E-state index >= 15 is 0 Å². The summed E-state index contributed by atoms with van der Waals surface area (Å²) in [7, 11) is 0. The van der Waals surface area contributed by atoms with Gasteiger partial charge in [0.1, 0.15) is 17.9 Å². The minimum absolute atomic E-state index is 0.209. The highest BCUT2D eigenvalue weighted by Crippen LogP contribution is 2.27. The molecule has 0 saturated heterocycles. The molecule has 1 aromatic heterocycles. The van der Waals surface area contributed by atoms with Gasteiger partial charge in [-0.2, -0.15) is 0 Å². The lowest BCUT2D eigenvalue weighted by Gasteiger charge is -2.11. The molecular formula is C23H19NO5. The summed E-state index contributed by atoms with van der Waals surface area (Å²) in [5, 5.41) is 5.42. The summed E-state index contributed by atoms with van der Waals surface area (Å²) in [6.45, 7) is 2.20. The highest BCUT2D eigenvalue weighted by Gasteiger charge is 2.10. The van der Waals surface area contributed by atoms with E-state index < -0.39 is 11.7 Å². The van der Waals surface area contributed by atoms with Crippen LogP contribution in [0, 0.1) is 0 Å². The Kier molecular flexibility index (Phi) is 5.16. The van der Waals surface area contributed by atoms with Crippen LogP contribution in [0.2, 0.25) is 0 Å². The van der Waals surface area contributed by atoms with Crippen molar-refractivity contribution >= 4 is 33.5 Å². The average Bonchev–Trinajstić information content (AvgIpc) is 2.71. The highest BCUT2D eigenvalue weighted by molar-refractivity contribution is 5.90. The summed E-state index contributed by atoms with van der Waals surface area (Å²) >= 11 is 0. The van der Waals surface area contributed by atoms with Gasteiger partial charge in [-0.25, -0.2) is 9.59 Å². The predicted molar refractivity (Wildman–Crippen MR) is 111 cm³/mol. The molecule has 0 fully saturated rings. The zero-order chi connectivity index (χ0) is 20.2. The van der Waals surface area contributed by atoms with Crippen molar-refractivity contribution in [1.82, 2.24) is 0 Å². The van der Waals surface area contributed by atoms with Gasteiger partial charge in [-0.15, -0.1) is 0 Å². The van der Waals surface area contributed by atoms with Gasteiger partial charge in [0.25, 0.3) is 0 Å². The van der Waals surface area contributed by atoms with Crippen molar-refractivity contribution in [3.8, 4) is 5.75 Å². The Morgan fingerprint density at radius 2 is 1.83 bits per heavy atom. The molecule has 0 aliphatic carbocycles. The molecular weight excluding hydrogens is 370 g/mol. The highest BCUT2D eigenvalue weighted by atomic mass is 16.5. The third kappa shape index (κ3) is 4.06. The number of rotatable bonds is 5. The molecule has 0 radical (unpaired) electrons. The Labute approximate surface area is 166 Å². The van der Waals surface area contributed by atoms with Crippen LogP contribution in [0.1, 0.15) is 12.5 Å². The van der Waals surface area contributed by atoms with Gasteiger partial charge < -0.3 is 13.9 Å². The standard InChI is InChI=1S/C23H19NO5/c1-2-27-23(26)24-17-10-11-19-16(12-22(25)29-21(19)13-17)14-28-20-9-5-7-15-6-3-4-8-18(15)20/h3-13H,2,14H2,1H3,(H,24,26). The summed E-state index contributed by atoms with van der Waals surface area (Å²) in [6, 6.07) is 20.3. The molecule has 6 nitrogen and oxygen atoms in total. The molecule has 0 aliphatic rings. The fourth-order valence-corrected chi connectivity index (χ4v) is 3.19. The van der Waals surface area contributed by atoms with Crippen molar-refractivity contribution in [3.63, 3.8) is 0 Å². The smallest absolute Gasteiger partial charge is 0.411 e. The Morgan fingerprint density at radius 3 is 2.69 bits per heavy atom. The number of hydrogen-bond acceptors (Lipinski definition) is 5. The second-order valence-electron chi connectivity index (χ2n) is 6.41. The fourth-order valence-electron chi connectivity index (χ4n) is 3.19. The number of fused-ring (bicyclic) bond motifs is 2. The molecule has 3 aromatic carbocycles. The minimum atomic E-state index is -0.565. The topological polar surface area (TPSA) is 77.8 Å². The molecule has 6 heteroatoms. The lowest BCUT2D eigenvalue weighted by Crippen LogP contribution is -2.13. The van der Waals surface area contributed by atoms with E-state index in [9.17, 15) is 9.59 Å². The van der Waals surface area contributed by atoms with Crippen molar-refractivity contribution in [2.24, 2.45) is 0 Å². The van der Waals surface area contributed by atoms with Crippen molar-refractivity contribution in [2.75, 3.05) is 11.9 Å². The van der Waals surface area contributed by atoms with Crippen LogP contribution in [0.15, 0.2) is 75.9 Å². The first kappa shape index (κ1) is 18.6. The van der Waals surface area contributed by atoms with Crippen LogP contribution in [-0.4, -0.2) is 12.7 Å². The third-order valence-electron chi connectivity index (χ3n) is 4.48. The molecule has 4 aromatic rings. The van der Waals surface area contributed by atoms with E-state index in [1.165, 1.54) is 6.07 Å². The molecule has 0 atom stereocenters. The van der Waals surface area contributed by atoms with Gasteiger partial charge >= 0.3 is 11.7 Å². The van der Waals surface area contributed by atoms with Crippen molar-refractivity contribution in [2.45, 2.75) is 13.5 Å². The summed E-state index contributed by atoms with van der Waals surface area (Å²) in [5.41, 5.74) is 1.06. The molecule has 0 bridgehead atoms. The maximum atomic E-state index is 12.0. The average molecular weight is 389 g/mol. The van der Waals surface area contributed by atoms with Crippen molar-refractivity contribution in [3.05, 3.63) is 82.7 Å². The largest absolute Gasteiger partial charge is 0.488 e.